The minimum Gasteiger partial charge on any atom is -0.392 e. The number of nitrogens with zero attached hydrogens (tertiary/aromatic N) is 1. The van der Waals surface area contributed by atoms with Crippen molar-refractivity contribution in [1.82, 2.24) is 9.97 Å². The fraction of sp³-hybridized carbons (Fsp3) is 0.0833. The van der Waals surface area contributed by atoms with Crippen LogP contribution in [0.3, 0.4) is 0 Å². The van der Waals surface area contributed by atoms with Gasteiger partial charge in [-0.25, -0.2) is 4.98 Å². The zero-order valence-electron chi connectivity index (χ0n) is 9.38. The molecule has 0 saturated carbocycles. The fourth-order valence-corrected chi connectivity index (χ4v) is 1.43. The van der Waals surface area contributed by atoms with Crippen molar-refractivity contribution in [3.63, 3.8) is 0 Å². The minimum atomic E-state index is -0.452. The Morgan fingerprint density at radius 2 is 2.17 bits per heavy atom. The van der Waals surface area contributed by atoms with Crippen molar-refractivity contribution >= 4 is 11.6 Å². The lowest BCUT2D eigenvalue weighted by Crippen LogP contribution is -2.17. The zero-order chi connectivity index (χ0) is 13.0. The Morgan fingerprint density at radius 1 is 1.39 bits per heavy atom. The Morgan fingerprint density at radius 3 is 2.83 bits per heavy atom. The molecule has 1 aromatic heterocycles. The van der Waals surface area contributed by atoms with E-state index < -0.39 is 5.91 Å². The van der Waals surface area contributed by atoms with Gasteiger partial charge in [-0.15, -0.1) is 0 Å². The highest BCUT2D eigenvalue weighted by atomic mass is 16.3. The van der Waals surface area contributed by atoms with Gasteiger partial charge in [0.2, 0.25) is 0 Å². The van der Waals surface area contributed by atoms with Crippen LogP contribution in [0, 0.1) is 0 Å². The van der Waals surface area contributed by atoms with Crippen molar-refractivity contribution in [2.24, 2.45) is 0 Å². The molecule has 0 radical (unpaired) electrons. The van der Waals surface area contributed by atoms with Gasteiger partial charge in [0.05, 0.1) is 12.8 Å². The molecule has 1 aromatic carbocycles. The molecule has 0 aliphatic carbocycles. The molecule has 0 fully saturated rings. The molecule has 0 saturated heterocycles. The summed E-state index contributed by atoms with van der Waals surface area (Å²) in [5, 5.41) is 11.7. The van der Waals surface area contributed by atoms with Crippen LogP contribution in [0.4, 0.5) is 5.69 Å². The topological polar surface area (TPSA) is 95.1 Å². The standard InChI is InChI=1S/C12H11N3O3/c16-7-8-3-1-2-4-9(8)15-12(18)10-5-14-11(17)6-13-10/h1-6,16H,7H2,(H,14,17)(H,15,18). The van der Waals surface area contributed by atoms with Crippen LogP contribution in [-0.4, -0.2) is 21.0 Å². The van der Waals surface area contributed by atoms with Crippen molar-refractivity contribution < 1.29 is 9.90 Å². The molecular weight excluding hydrogens is 234 g/mol. The molecule has 6 nitrogen and oxygen atoms in total. The number of aromatic amines is 1. The Hall–Kier alpha value is -2.47. The Kier molecular flexibility index (Phi) is 3.49. The summed E-state index contributed by atoms with van der Waals surface area (Å²) in [5.41, 5.74) is 0.845. The smallest absolute Gasteiger partial charge is 0.275 e. The van der Waals surface area contributed by atoms with E-state index in [0.29, 0.717) is 11.3 Å². The van der Waals surface area contributed by atoms with Gasteiger partial charge in [-0.05, 0) is 6.07 Å². The van der Waals surface area contributed by atoms with E-state index in [0.717, 1.165) is 6.20 Å². The van der Waals surface area contributed by atoms with Gasteiger partial charge in [0, 0.05) is 17.4 Å². The van der Waals surface area contributed by atoms with Crippen LogP contribution in [-0.2, 0) is 6.61 Å². The molecule has 0 atom stereocenters. The van der Waals surface area contributed by atoms with Crippen LogP contribution in [0.25, 0.3) is 0 Å². The predicted molar refractivity (Wildman–Crippen MR) is 65.2 cm³/mol. The second-order valence-corrected chi connectivity index (χ2v) is 3.57. The van der Waals surface area contributed by atoms with Crippen molar-refractivity contribution in [3.8, 4) is 0 Å². The number of H-pyrrole nitrogens is 1. The Balaban J connectivity index is 2.21. The molecule has 1 amide bonds. The van der Waals surface area contributed by atoms with Crippen LogP contribution in [0.5, 0.6) is 0 Å². The largest absolute Gasteiger partial charge is 0.392 e. The third-order valence-electron chi connectivity index (χ3n) is 2.34. The number of nitrogens with one attached hydrogen (secondary N) is 2. The van der Waals surface area contributed by atoms with Gasteiger partial charge in [0.1, 0.15) is 5.69 Å². The molecule has 2 aromatic rings. The van der Waals surface area contributed by atoms with E-state index in [1.54, 1.807) is 24.3 Å². The summed E-state index contributed by atoms with van der Waals surface area (Å²) in [6, 6.07) is 6.89. The first-order valence-corrected chi connectivity index (χ1v) is 5.25. The quantitative estimate of drug-likeness (QED) is 0.734. The summed E-state index contributed by atoms with van der Waals surface area (Å²) in [7, 11) is 0. The molecule has 0 bridgehead atoms. The second kappa shape index (κ2) is 5.24. The number of hydrogen-bond acceptors (Lipinski definition) is 4. The van der Waals surface area contributed by atoms with Gasteiger partial charge in [0.15, 0.2) is 0 Å². The zero-order valence-corrected chi connectivity index (χ0v) is 9.38. The van der Waals surface area contributed by atoms with Gasteiger partial charge in [0.25, 0.3) is 11.5 Å². The van der Waals surface area contributed by atoms with Gasteiger partial charge in [-0.2, -0.15) is 0 Å². The third kappa shape index (κ3) is 2.61. The van der Waals surface area contributed by atoms with Crippen LogP contribution >= 0.6 is 0 Å². The molecule has 18 heavy (non-hydrogen) atoms. The van der Waals surface area contributed by atoms with Crippen LogP contribution in [0.2, 0.25) is 0 Å². The average Bonchev–Trinajstić information content (AvgIpc) is 2.40. The predicted octanol–water partition coefficient (Wildman–Crippen LogP) is 0.514. The lowest BCUT2D eigenvalue weighted by atomic mass is 10.2. The Bertz CT molecular complexity index is 601. The monoisotopic (exact) mass is 245 g/mol. The number of carbonyl (C=O) groups is 1. The first-order valence-electron chi connectivity index (χ1n) is 5.25. The summed E-state index contributed by atoms with van der Waals surface area (Å²) >= 11 is 0. The van der Waals surface area contributed by atoms with E-state index in [2.05, 4.69) is 15.3 Å². The van der Waals surface area contributed by atoms with Crippen molar-refractivity contribution in [3.05, 3.63) is 58.3 Å². The van der Waals surface area contributed by atoms with E-state index in [4.69, 9.17) is 5.11 Å². The number of para-hydroxylation sites is 1. The van der Waals surface area contributed by atoms with Gasteiger partial charge >= 0.3 is 0 Å². The van der Waals surface area contributed by atoms with Gasteiger partial charge < -0.3 is 15.4 Å². The minimum absolute atomic E-state index is 0.0994. The molecule has 0 aliphatic heterocycles. The first kappa shape index (κ1) is 12.0. The van der Waals surface area contributed by atoms with Crippen molar-refractivity contribution in [2.45, 2.75) is 6.61 Å². The maximum Gasteiger partial charge on any atom is 0.275 e. The van der Waals surface area contributed by atoms with Crippen LogP contribution in [0.1, 0.15) is 16.1 Å². The molecule has 0 spiro atoms. The van der Waals surface area contributed by atoms with E-state index in [1.807, 2.05) is 0 Å². The lowest BCUT2D eigenvalue weighted by molar-refractivity contribution is 0.102. The number of rotatable bonds is 3. The molecule has 92 valence electrons. The maximum atomic E-state index is 11.8. The number of anilines is 1. The van der Waals surface area contributed by atoms with E-state index in [1.165, 1.54) is 6.20 Å². The summed E-state index contributed by atoms with van der Waals surface area (Å²) in [4.78, 5) is 28.7. The third-order valence-corrected chi connectivity index (χ3v) is 2.34. The lowest BCUT2D eigenvalue weighted by Gasteiger charge is -2.08. The Labute approximate surface area is 102 Å². The number of aromatic nitrogens is 2. The number of benzene rings is 1. The first-order chi connectivity index (χ1) is 8.70. The average molecular weight is 245 g/mol. The van der Waals surface area contributed by atoms with Crippen LogP contribution < -0.4 is 10.9 Å². The molecular formula is C12H11N3O3. The summed E-state index contributed by atoms with van der Waals surface area (Å²) in [5.74, 6) is -0.452. The van der Waals surface area contributed by atoms with E-state index in [9.17, 15) is 9.59 Å². The van der Waals surface area contributed by atoms with E-state index >= 15 is 0 Å². The number of amides is 1. The van der Waals surface area contributed by atoms with Crippen molar-refractivity contribution in [1.29, 1.82) is 0 Å². The highest BCUT2D eigenvalue weighted by Gasteiger charge is 2.09. The van der Waals surface area contributed by atoms with Gasteiger partial charge in [-0.1, -0.05) is 18.2 Å². The fourth-order valence-electron chi connectivity index (χ4n) is 1.43. The summed E-state index contributed by atoms with van der Waals surface area (Å²) in [6.07, 6.45) is 2.27. The van der Waals surface area contributed by atoms with Crippen LogP contribution in [0.15, 0.2) is 41.5 Å². The number of aliphatic hydroxyl groups excluding tert-OH is 1. The SMILES string of the molecule is O=C(Nc1ccccc1CO)c1c[nH]c(=O)cn1. The molecule has 0 aliphatic rings. The number of hydrogen-bond donors (Lipinski definition) is 3. The highest BCUT2D eigenvalue weighted by Crippen LogP contribution is 2.15. The second-order valence-electron chi connectivity index (χ2n) is 3.57. The number of aliphatic hydroxyl groups is 1. The highest BCUT2D eigenvalue weighted by molar-refractivity contribution is 6.03. The van der Waals surface area contributed by atoms with Gasteiger partial charge in [-0.3, -0.25) is 9.59 Å². The molecule has 0 unspecified atom stereocenters. The summed E-state index contributed by atoms with van der Waals surface area (Å²) in [6.45, 7) is -0.171. The molecule has 6 heteroatoms. The molecule has 2 rings (SSSR count). The maximum absolute atomic E-state index is 11.8. The normalized spacial score (nSPS) is 10.1. The molecule has 1 heterocycles. The summed E-state index contributed by atoms with van der Waals surface area (Å²) < 4.78 is 0. The van der Waals surface area contributed by atoms with E-state index in [-0.39, 0.29) is 17.9 Å². The van der Waals surface area contributed by atoms with Crippen molar-refractivity contribution in [2.75, 3.05) is 5.32 Å². The number of carbonyl (C=O) groups excluding carboxylic acids is 1. The molecule has 3 N–H and O–H groups in total.